The van der Waals surface area contributed by atoms with Crippen LogP contribution in [0.1, 0.15) is 24.8 Å². The van der Waals surface area contributed by atoms with Gasteiger partial charge in [-0.3, -0.25) is 4.79 Å². The Hall–Kier alpha value is -1.49. The van der Waals surface area contributed by atoms with Gasteiger partial charge in [-0.05, 0) is 36.6 Å². The first-order valence-electron chi connectivity index (χ1n) is 6.57. The summed E-state index contributed by atoms with van der Waals surface area (Å²) in [7, 11) is 0. The number of amides is 1. The van der Waals surface area contributed by atoms with Gasteiger partial charge < -0.3 is 10.6 Å². The molecule has 2 atom stereocenters. The maximum Gasteiger partial charge on any atom is 0.223 e. The molecule has 2 N–H and O–H groups in total. The highest BCUT2D eigenvalue weighted by atomic mass is 19.2. The summed E-state index contributed by atoms with van der Waals surface area (Å²) < 4.78 is 25.9. The lowest BCUT2D eigenvalue weighted by atomic mass is 10.1. The standard InChI is InChI=1S/C14H18F2N2O/c1-2-17-5-6-18-14(19)11-8-10(11)9-3-4-12(15)13(16)7-9/h3-4,7,10-11,17H,2,5-6,8H2,1H3,(H,18,19). The second-order valence-corrected chi connectivity index (χ2v) is 4.77. The zero-order chi connectivity index (χ0) is 13.8. The number of hydrogen-bond acceptors (Lipinski definition) is 2. The van der Waals surface area contributed by atoms with Crippen molar-refractivity contribution in [2.45, 2.75) is 19.3 Å². The van der Waals surface area contributed by atoms with Gasteiger partial charge in [0.1, 0.15) is 0 Å². The number of rotatable bonds is 6. The molecule has 3 nitrogen and oxygen atoms in total. The van der Waals surface area contributed by atoms with E-state index in [1.54, 1.807) is 6.07 Å². The van der Waals surface area contributed by atoms with Gasteiger partial charge >= 0.3 is 0 Å². The van der Waals surface area contributed by atoms with E-state index in [4.69, 9.17) is 0 Å². The second-order valence-electron chi connectivity index (χ2n) is 4.77. The Morgan fingerprint density at radius 2 is 2.11 bits per heavy atom. The van der Waals surface area contributed by atoms with E-state index in [0.29, 0.717) is 18.5 Å². The van der Waals surface area contributed by atoms with Crippen LogP contribution in [0.5, 0.6) is 0 Å². The zero-order valence-electron chi connectivity index (χ0n) is 10.9. The van der Waals surface area contributed by atoms with Crippen LogP contribution in [0.25, 0.3) is 0 Å². The van der Waals surface area contributed by atoms with Gasteiger partial charge in [0.2, 0.25) is 5.91 Å². The highest BCUT2D eigenvalue weighted by Gasteiger charge is 2.43. The average molecular weight is 268 g/mol. The van der Waals surface area contributed by atoms with E-state index in [-0.39, 0.29) is 17.7 Å². The average Bonchev–Trinajstić information content (AvgIpc) is 3.18. The van der Waals surface area contributed by atoms with Crippen molar-refractivity contribution < 1.29 is 13.6 Å². The van der Waals surface area contributed by atoms with Gasteiger partial charge in [-0.15, -0.1) is 0 Å². The number of halogens is 2. The maximum absolute atomic E-state index is 13.1. The van der Waals surface area contributed by atoms with Gasteiger partial charge in [-0.1, -0.05) is 13.0 Å². The predicted molar refractivity (Wildman–Crippen MR) is 68.8 cm³/mol. The Morgan fingerprint density at radius 3 is 2.79 bits per heavy atom. The Kier molecular flexibility index (Phi) is 4.47. The van der Waals surface area contributed by atoms with Crippen molar-refractivity contribution in [2.24, 2.45) is 5.92 Å². The fourth-order valence-corrected chi connectivity index (χ4v) is 2.18. The number of carbonyl (C=O) groups is 1. The van der Waals surface area contributed by atoms with Crippen LogP contribution in [0.3, 0.4) is 0 Å². The van der Waals surface area contributed by atoms with E-state index in [1.807, 2.05) is 6.92 Å². The molecule has 1 aromatic rings. The lowest BCUT2D eigenvalue weighted by molar-refractivity contribution is -0.122. The third-order valence-electron chi connectivity index (χ3n) is 3.35. The predicted octanol–water partition coefficient (Wildman–Crippen LogP) is 1.79. The summed E-state index contributed by atoms with van der Waals surface area (Å²) in [4.78, 5) is 11.8. The van der Waals surface area contributed by atoms with Crippen LogP contribution >= 0.6 is 0 Å². The summed E-state index contributed by atoms with van der Waals surface area (Å²) in [5.74, 6) is -1.79. The van der Waals surface area contributed by atoms with Crippen molar-refractivity contribution in [3.8, 4) is 0 Å². The van der Waals surface area contributed by atoms with E-state index in [1.165, 1.54) is 6.07 Å². The highest BCUT2D eigenvalue weighted by molar-refractivity contribution is 5.82. The van der Waals surface area contributed by atoms with Crippen LogP contribution in [0, 0.1) is 17.6 Å². The summed E-state index contributed by atoms with van der Waals surface area (Å²) in [5.41, 5.74) is 0.700. The lowest BCUT2D eigenvalue weighted by Gasteiger charge is -2.05. The molecule has 104 valence electrons. The van der Waals surface area contributed by atoms with Crippen LogP contribution in [-0.2, 0) is 4.79 Å². The summed E-state index contributed by atoms with van der Waals surface area (Å²) >= 11 is 0. The Labute approximate surface area is 111 Å². The summed E-state index contributed by atoms with van der Waals surface area (Å²) in [6.07, 6.45) is 0.706. The van der Waals surface area contributed by atoms with Gasteiger partial charge in [0, 0.05) is 19.0 Å². The number of benzene rings is 1. The molecule has 0 radical (unpaired) electrons. The van der Waals surface area contributed by atoms with Crippen molar-refractivity contribution in [1.29, 1.82) is 0 Å². The number of likely N-dealkylation sites (N-methyl/N-ethyl adjacent to an activating group) is 1. The topological polar surface area (TPSA) is 41.1 Å². The van der Waals surface area contributed by atoms with Gasteiger partial charge in [-0.25, -0.2) is 8.78 Å². The van der Waals surface area contributed by atoms with Crippen LogP contribution in [-0.4, -0.2) is 25.5 Å². The largest absolute Gasteiger partial charge is 0.355 e. The summed E-state index contributed by atoms with van der Waals surface area (Å²) in [6, 6.07) is 3.85. The van der Waals surface area contributed by atoms with Gasteiger partial charge in [0.25, 0.3) is 0 Å². The molecule has 1 saturated carbocycles. The Bertz CT molecular complexity index is 465. The van der Waals surface area contributed by atoms with Gasteiger partial charge in [0.15, 0.2) is 11.6 Å². The molecule has 1 aliphatic carbocycles. The summed E-state index contributed by atoms with van der Waals surface area (Å²) in [5, 5.41) is 5.95. The molecule has 1 aromatic carbocycles. The smallest absolute Gasteiger partial charge is 0.223 e. The zero-order valence-corrected chi connectivity index (χ0v) is 10.9. The third kappa shape index (κ3) is 3.50. The molecular formula is C14H18F2N2O. The van der Waals surface area contributed by atoms with E-state index in [0.717, 1.165) is 19.2 Å². The van der Waals surface area contributed by atoms with Crippen molar-refractivity contribution in [1.82, 2.24) is 10.6 Å². The van der Waals surface area contributed by atoms with Crippen LogP contribution < -0.4 is 10.6 Å². The molecule has 0 spiro atoms. The molecule has 2 rings (SSSR count). The first-order valence-corrected chi connectivity index (χ1v) is 6.57. The van der Waals surface area contributed by atoms with Crippen LogP contribution in [0.4, 0.5) is 8.78 Å². The lowest BCUT2D eigenvalue weighted by Crippen LogP contribution is -2.32. The molecule has 1 amide bonds. The molecule has 1 aliphatic rings. The van der Waals surface area contributed by atoms with E-state index in [9.17, 15) is 13.6 Å². The van der Waals surface area contributed by atoms with E-state index < -0.39 is 11.6 Å². The first-order chi connectivity index (χ1) is 9.13. The molecule has 2 unspecified atom stereocenters. The normalized spacial score (nSPS) is 21.2. The van der Waals surface area contributed by atoms with Crippen molar-refractivity contribution in [3.05, 3.63) is 35.4 Å². The quantitative estimate of drug-likeness (QED) is 0.772. The Morgan fingerprint density at radius 1 is 1.32 bits per heavy atom. The second kappa shape index (κ2) is 6.10. The van der Waals surface area contributed by atoms with Crippen molar-refractivity contribution in [2.75, 3.05) is 19.6 Å². The fourth-order valence-electron chi connectivity index (χ4n) is 2.18. The molecule has 0 aromatic heterocycles. The van der Waals surface area contributed by atoms with Crippen molar-refractivity contribution in [3.63, 3.8) is 0 Å². The van der Waals surface area contributed by atoms with Gasteiger partial charge in [0.05, 0.1) is 0 Å². The minimum atomic E-state index is -0.851. The molecule has 19 heavy (non-hydrogen) atoms. The molecule has 0 bridgehead atoms. The highest BCUT2D eigenvalue weighted by Crippen LogP contribution is 2.47. The van der Waals surface area contributed by atoms with Gasteiger partial charge in [-0.2, -0.15) is 0 Å². The number of carbonyl (C=O) groups excluding carboxylic acids is 1. The Balaban J connectivity index is 1.83. The monoisotopic (exact) mass is 268 g/mol. The molecule has 5 heteroatoms. The maximum atomic E-state index is 13.1. The molecular weight excluding hydrogens is 250 g/mol. The fraction of sp³-hybridized carbons (Fsp3) is 0.500. The molecule has 0 aliphatic heterocycles. The van der Waals surface area contributed by atoms with Crippen molar-refractivity contribution >= 4 is 5.91 Å². The number of hydrogen-bond donors (Lipinski definition) is 2. The van der Waals surface area contributed by atoms with E-state index in [2.05, 4.69) is 10.6 Å². The minimum Gasteiger partial charge on any atom is -0.355 e. The van der Waals surface area contributed by atoms with Crippen LogP contribution in [0.15, 0.2) is 18.2 Å². The molecule has 0 saturated heterocycles. The first kappa shape index (κ1) is 13.9. The third-order valence-corrected chi connectivity index (χ3v) is 3.35. The van der Waals surface area contributed by atoms with E-state index >= 15 is 0 Å². The molecule has 1 fully saturated rings. The SMILES string of the molecule is CCNCCNC(=O)C1CC1c1ccc(F)c(F)c1. The van der Waals surface area contributed by atoms with Crippen LogP contribution in [0.2, 0.25) is 0 Å². The molecule has 0 heterocycles. The minimum absolute atomic E-state index is 0.00682. The number of nitrogens with one attached hydrogen (secondary N) is 2. The summed E-state index contributed by atoms with van der Waals surface area (Å²) in [6.45, 7) is 4.21.